The van der Waals surface area contributed by atoms with Crippen molar-refractivity contribution in [2.24, 2.45) is 0 Å². The maximum absolute atomic E-state index is 13.4. The molecule has 32 heavy (non-hydrogen) atoms. The number of aromatic nitrogens is 1. The van der Waals surface area contributed by atoms with Crippen LogP contribution in [0.15, 0.2) is 54.7 Å². The quantitative estimate of drug-likeness (QED) is 0.357. The molecule has 1 amide bonds. The maximum atomic E-state index is 13.4. The third-order valence-electron chi connectivity index (χ3n) is 5.44. The number of amides is 1. The molecule has 0 unspecified atom stereocenters. The zero-order chi connectivity index (χ0) is 22.2. The number of carbonyl (C=O) groups is 1. The van der Waals surface area contributed by atoms with Gasteiger partial charge in [-0.3, -0.25) is 9.78 Å². The lowest BCUT2D eigenvalue weighted by Crippen LogP contribution is -2.31. The summed E-state index contributed by atoms with van der Waals surface area (Å²) in [6.45, 7) is 0.548. The Hall–Kier alpha value is -2.80. The van der Waals surface area contributed by atoms with E-state index < -0.39 is 0 Å². The number of ether oxygens (including phenoxy) is 2. The molecule has 5 rings (SSSR count). The van der Waals surface area contributed by atoms with Gasteiger partial charge in [0.1, 0.15) is 16.4 Å². The van der Waals surface area contributed by atoms with Gasteiger partial charge in [-0.2, -0.15) is 0 Å². The van der Waals surface area contributed by atoms with E-state index in [2.05, 4.69) is 10.3 Å². The number of hydrogen-bond donors (Lipinski definition) is 1. The zero-order valence-corrected chi connectivity index (χ0v) is 19.4. The van der Waals surface area contributed by atoms with Crippen molar-refractivity contribution in [2.45, 2.75) is 12.5 Å². The van der Waals surface area contributed by atoms with E-state index >= 15 is 0 Å². The number of benzene rings is 2. The van der Waals surface area contributed by atoms with Gasteiger partial charge < -0.3 is 14.8 Å². The third-order valence-corrected chi connectivity index (χ3v) is 7.45. The van der Waals surface area contributed by atoms with Crippen LogP contribution >= 0.6 is 34.5 Å². The highest BCUT2D eigenvalue weighted by Gasteiger charge is 2.27. The number of thiophene rings is 1. The van der Waals surface area contributed by atoms with Crippen LogP contribution in [0.2, 0.25) is 10.0 Å². The van der Waals surface area contributed by atoms with Gasteiger partial charge in [-0.25, -0.2) is 0 Å². The average molecular weight is 485 g/mol. The minimum atomic E-state index is -0.201. The van der Waals surface area contributed by atoms with Gasteiger partial charge in [0.15, 0.2) is 0 Å². The second kappa shape index (κ2) is 8.62. The molecule has 0 fully saturated rings. The average Bonchev–Trinajstić information content (AvgIpc) is 3.20. The van der Waals surface area contributed by atoms with Crippen molar-refractivity contribution in [2.75, 3.05) is 13.7 Å². The summed E-state index contributed by atoms with van der Waals surface area (Å²) in [6.07, 6.45) is 2.38. The van der Waals surface area contributed by atoms with E-state index in [4.69, 9.17) is 32.7 Å². The van der Waals surface area contributed by atoms with Crippen LogP contribution in [0.4, 0.5) is 0 Å². The van der Waals surface area contributed by atoms with Crippen molar-refractivity contribution in [1.29, 1.82) is 0 Å². The molecule has 0 aliphatic carbocycles. The van der Waals surface area contributed by atoms with Crippen LogP contribution < -0.4 is 14.8 Å². The van der Waals surface area contributed by atoms with Crippen LogP contribution in [0.25, 0.3) is 21.3 Å². The monoisotopic (exact) mass is 484 g/mol. The molecule has 1 N–H and O–H groups in total. The van der Waals surface area contributed by atoms with E-state index in [1.807, 2.05) is 42.5 Å². The number of nitrogens with zero attached hydrogens (tertiary/aromatic N) is 1. The number of rotatable bonds is 4. The summed E-state index contributed by atoms with van der Waals surface area (Å²) in [7, 11) is 1.56. The molecule has 2 aromatic heterocycles. The molecule has 1 atom stereocenters. The zero-order valence-electron chi connectivity index (χ0n) is 17.0. The van der Waals surface area contributed by atoms with Gasteiger partial charge in [0.25, 0.3) is 5.91 Å². The molecule has 0 saturated heterocycles. The highest BCUT2D eigenvalue weighted by atomic mass is 35.5. The number of pyridine rings is 1. The molecule has 0 spiro atoms. The second-order valence-electron chi connectivity index (χ2n) is 7.30. The Bertz CT molecular complexity index is 1340. The van der Waals surface area contributed by atoms with Gasteiger partial charge in [0, 0.05) is 29.1 Å². The highest BCUT2D eigenvalue weighted by molar-refractivity contribution is 7.21. The molecule has 0 radical (unpaired) electrons. The number of methoxy groups -OCH3 is 1. The number of fused-ring (bicyclic) bond motifs is 2. The smallest absolute Gasteiger partial charge is 0.265 e. The van der Waals surface area contributed by atoms with Crippen molar-refractivity contribution in [3.63, 3.8) is 0 Å². The van der Waals surface area contributed by atoms with Crippen molar-refractivity contribution >= 4 is 50.5 Å². The molecule has 162 valence electrons. The van der Waals surface area contributed by atoms with Crippen LogP contribution in [0.5, 0.6) is 11.5 Å². The van der Waals surface area contributed by atoms with Crippen LogP contribution in [-0.2, 0) is 0 Å². The van der Waals surface area contributed by atoms with Crippen molar-refractivity contribution in [1.82, 2.24) is 10.3 Å². The van der Waals surface area contributed by atoms with Crippen molar-refractivity contribution < 1.29 is 14.3 Å². The normalized spacial score (nSPS) is 15.2. The summed E-state index contributed by atoms with van der Waals surface area (Å²) in [4.78, 5) is 18.4. The lowest BCUT2D eigenvalue weighted by Gasteiger charge is -2.26. The number of hydrogen-bond acceptors (Lipinski definition) is 5. The number of para-hydroxylation sites is 1. The minimum absolute atomic E-state index is 0.137. The predicted molar refractivity (Wildman–Crippen MR) is 128 cm³/mol. The Labute approximate surface area is 198 Å². The van der Waals surface area contributed by atoms with E-state index in [1.165, 1.54) is 11.3 Å². The Morgan fingerprint density at radius 2 is 2.03 bits per heavy atom. The molecule has 0 saturated carbocycles. The topological polar surface area (TPSA) is 60.5 Å². The molecule has 5 nitrogen and oxygen atoms in total. The molecular formula is C24H18Cl2N2O3S. The first-order valence-electron chi connectivity index (χ1n) is 10.0. The van der Waals surface area contributed by atoms with Crippen LogP contribution in [-0.4, -0.2) is 24.6 Å². The van der Waals surface area contributed by atoms with E-state index in [-0.39, 0.29) is 11.9 Å². The molecular weight excluding hydrogens is 467 g/mol. The summed E-state index contributed by atoms with van der Waals surface area (Å²) in [6, 6.07) is 14.9. The largest absolute Gasteiger partial charge is 0.494 e. The van der Waals surface area contributed by atoms with E-state index in [9.17, 15) is 4.79 Å². The van der Waals surface area contributed by atoms with Crippen molar-refractivity contribution in [3.8, 4) is 22.8 Å². The van der Waals surface area contributed by atoms with Gasteiger partial charge in [-0.05, 0) is 18.2 Å². The van der Waals surface area contributed by atoms with E-state index in [0.717, 1.165) is 21.4 Å². The fourth-order valence-electron chi connectivity index (χ4n) is 3.95. The highest BCUT2D eigenvalue weighted by Crippen LogP contribution is 2.44. The first-order chi connectivity index (χ1) is 15.6. The van der Waals surface area contributed by atoms with Gasteiger partial charge in [-0.1, -0.05) is 53.5 Å². The van der Waals surface area contributed by atoms with E-state index in [1.54, 1.807) is 19.4 Å². The summed E-state index contributed by atoms with van der Waals surface area (Å²) in [5, 5.41) is 4.82. The number of nitrogens with one attached hydrogen (secondary N) is 1. The Morgan fingerprint density at radius 1 is 1.19 bits per heavy atom. The van der Waals surface area contributed by atoms with Gasteiger partial charge in [-0.15, -0.1) is 11.3 Å². The summed E-state index contributed by atoms with van der Waals surface area (Å²) in [5.74, 6) is 1.12. The molecule has 1 aliphatic rings. The maximum Gasteiger partial charge on any atom is 0.265 e. The summed E-state index contributed by atoms with van der Waals surface area (Å²) < 4.78 is 12.2. The standard InChI is InChI=1S/C24H18Cl2N2O3S/c1-30-21-15-9-11-27-20(14-6-4-7-16(25)19(14)26)22(15)32-23(21)24(29)28-17-10-12-31-18-8-3-2-5-13(17)18/h2-9,11,17H,10,12H2,1H3,(H,28,29)/t17-/m0/s1. The Balaban J connectivity index is 1.57. The van der Waals surface area contributed by atoms with E-state index in [0.29, 0.717) is 45.0 Å². The lowest BCUT2D eigenvalue weighted by molar-refractivity contribution is 0.0926. The van der Waals surface area contributed by atoms with Gasteiger partial charge in [0.2, 0.25) is 0 Å². The fraction of sp³-hybridized carbons (Fsp3) is 0.167. The summed E-state index contributed by atoms with van der Waals surface area (Å²) in [5.41, 5.74) is 2.34. The lowest BCUT2D eigenvalue weighted by atomic mass is 10.0. The Kier molecular flexibility index (Phi) is 5.67. The fourth-order valence-corrected chi connectivity index (χ4v) is 5.51. The SMILES string of the molecule is COc1c(C(=O)N[C@H]2CCOc3ccccc32)sc2c(-c3cccc(Cl)c3Cl)nccc12. The second-order valence-corrected chi connectivity index (χ2v) is 9.11. The summed E-state index contributed by atoms with van der Waals surface area (Å²) >= 11 is 14.0. The third kappa shape index (κ3) is 3.58. The predicted octanol–water partition coefficient (Wildman–Crippen LogP) is 6.53. The van der Waals surface area contributed by atoms with Gasteiger partial charge in [0.05, 0.1) is 40.2 Å². The Morgan fingerprint density at radius 3 is 2.88 bits per heavy atom. The number of halogens is 2. The molecule has 3 heterocycles. The van der Waals surface area contributed by atoms with Gasteiger partial charge >= 0.3 is 0 Å². The molecule has 0 bridgehead atoms. The van der Waals surface area contributed by atoms with Crippen LogP contribution in [0, 0.1) is 0 Å². The molecule has 8 heteroatoms. The number of carbonyl (C=O) groups excluding carboxylic acids is 1. The molecule has 2 aromatic carbocycles. The minimum Gasteiger partial charge on any atom is -0.494 e. The van der Waals surface area contributed by atoms with Crippen LogP contribution in [0.1, 0.15) is 27.7 Å². The van der Waals surface area contributed by atoms with Crippen LogP contribution in [0.3, 0.4) is 0 Å². The molecule has 4 aromatic rings. The van der Waals surface area contributed by atoms with Crippen molar-refractivity contribution in [3.05, 3.63) is 75.2 Å². The first kappa shape index (κ1) is 21.1. The molecule has 1 aliphatic heterocycles. The first-order valence-corrected chi connectivity index (χ1v) is 11.6.